The van der Waals surface area contributed by atoms with E-state index in [-0.39, 0.29) is 16.4 Å². The van der Waals surface area contributed by atoms with Gasteiger partial charge in [0.2, 0.25) is 0 Å². The third-order valence-electron chi connectivity index (χ3n) is 4.42. The van der Waals surface area contributed by atoms with Crippen LogP contribution in [0.25, 0.3) is 0 Å². The third-order valence-corrected chi connectivity index (χ3v) is 4.73. The van der Waals surface area contributed by atoms with Crippen molar-refractivity contribution in [2.75, 3.05) is 19.6 Å². The fourth-order valence-corrected chi connectivity index (χ4v) is 3.09. The van der Waals surface area contributed by atoms with Gasteiger partial charge in [0.05, 0.1) is 5.02 Å². The molecule has 1 aromatic rings. The highest BCUT2D eigenvalue weighted by Gasteiger charge is 2.30. The van der Waals surface area contributed by atoms with E-state index in [9.17, 15) is 4.39 Å². The first-order valence-electron chi connectivity index (χ1n) is 7.50. The molecule has 2 rings (SSSR count). The van der Waals surface area contributed by atoms with E-state index in [1.54, 1.807) is 12.1 Å². The van der Waals surface area contributed by atoms with Gasteiger partial charge in [-0.2, -0.15) is 0 Å². The second-order valence-corrected chi connectivity index (χ2v) is 6.13. The Balaban J connectivity index is 2.08. The van der Waals surface area contributed by atoms with Crippen LogP contribution >= 0.6 is 11.6 Å². The zero-order valence-corrected chi connectivity index (χ0v) is 13.1. The molecule has 0 unspecified atom stereocenters. The smallest absolute Gasteiger partial charge is 0.142 e. The fraction of sp³-hybridized carbons (Fsp3) is 0.625. The molecule has 0 aromatic heterocycles. The summed E-state index contributed by atoms with van der Waals surface area (Å²) < 4.78 is 13.5. The van der Waals surface area contributed by atoms with Crippen molar-refractivity contribution in [2.45, 2.75) is 45.2 Å². The van der Waals surface area contributed by atoms with E-state index in [1.165, 1.54) is 0 Å². The largest absolute Gasteiger partial charge is 0.310 e. The lowest BCUT2D eigenvalue weighted by Gasteiger charge is -2.35. The van der Waals surface area contributed by atoms with E-state index in [0.29, 0.717) is 0 Å². The van der Waals surface area contributed by atoms with Crippen molar-refractivity contribution in [2.24, 2.45) is 0 Å². The van der Waals surface area contributed by atoms with E-state index < -0.39 is 0 Å². The molecule has 0 radical (unpaired) electrons. The molecule has 1 saturated heterocycles. The van der Waals surface area contributed by atoms with Crippen molar-refractivity contribution < 1.29 is 4.39 Å². The monoisotopic (exact) mass is 298 g/mol. The predicted molar refractivity (Wildman–Crippen MR) is 82.6 cm³/mol. The Morgan fingerprint density at radius 3 is 2.75 bits per heavy atom. The van der Waals surface area contributed by atoms with Crippen LogP contribution in [0.5, 0.6) is 0 Å². The molecule has 0 spiro atoms. The Morgan fingerprint density at radius 2 is 2.10 bits per heavy atom. The summed E-state index contributed by atoms with van der Waals surface area (Å²) in [5.41, 5.74) is 1.19. The van der Waals surface area contributed by atoms with E-state index in [4.69, 9.17) is 11.6 Å². The first-order chi connectivity index (χ1) is 9.58. The summed E-state index contributed by atoms with van der Waals surface area (Å²) in [5.74, 6) is -0.325. The molecule has 0 saturated carbocycles. The predicted octanol–water partition coefficient (Wildman–Crippen LogP) is 3.83. The van der Waals surface area contributed by atoms with Crippen LogP contribution in [-0.4, -0.2) is 30.1 Å². The van der Waals surface area contributed by atoms with Crippen molar-refractivity contribution >= 4 is 11.6 Å². The number of rotatable bonds is 4. The minimum absolute atomic E-state index is 0.196. The van der Waals surface area contributed by atoms with E-state index in [1.807, 2.05) is 6.07 Å². The maximum atomic E-state index is 13.5. The van der Waals surface area contributed by atoms with Crippen LogP contribution < -0.4 is 5.32 Å². The lowest BCUT2D eigenvalue weighted by atomic mass is 9.92. The summed E-state index contributed by atoms with van der Waals surface area (Å²) in [4.78, 5) is 2.43. The summed E-state index contributed by atoms with van der Waals surface area (Å²) in [7, 11) is 0. The van der Waals surface area contributed by atoms with Gasteiger partial charge in [-0.15, -0.1) is 0 Å². The first-order valence-corrected chi connectivity index (χ1v) is 7.87. The molecular weight excluding hydrogens is 275 g/mol. The minimum Gasteiger partial charge on any atom is -0.310 e. The quantitative estimate of drug-likeness (QED) is 0.909. The highest BCUT2D eigenvalue weighted by atomic mass is 35.5. The van der Waals surface area contributed by atoms with Crippen LogP contribution in [0.15, 0.2) is 18.2 Å². The Bertz CT molecular complexity index is 446. The first kappa shape index (κ1) is 15.7. The van der Waals surface area contributed by atoms with Crippen molar-refractivity contribution in [1.82, 2.24) is 10.2 Å². The van der Waals surface area contributed by atoms with E-state index in [0.717, 1.165) is 51.0 Å². The van der Waals surface area contributed by atoms with Crippen LogP contribution in [0, 0.1) is 5.82 Å². The standard InChI is InChI=1S/C16H24ClFN2/c1-3-16(4-2)12-20(9-5-8-19-16)11-13-6-7-14(17)15(18)10-13/h6-7,10,19H,3-5,8-9,11-12H2,1-2H3. The average molecular weight is 299 g/mol. The average Bonchev–Trinajstić information content (AvgIpc) is 2.66. The molecule has 1 aromatic carbocycles. The summed E-state index contributed by atoms with van der Waals surface area (Å²) in [6.07, 6.45) is 3.38. The molecule has 0 atom stereocenters. The SMILES string of the molecule is CCC1(CC)CN(Cc2ccc(Cl)c(F)c2)CCCN1. The molecule has 4 heteroatoms. The maximum absolute atomic E-state index is 13.5. The van der Waals surface area contributed by atoms with Crippen LogP contribution in [0.1, 0.15) is 38.7 Å². The highest BCUT2D eigenvalue weighted by molar-refractivity contribution is 6.30. The van der Waals surface area contributed by atoms with Crippen LogP contribution in [0.4, 0.5) is 4.39 Å². The lowest BCUT2D eigenvalue weighted by Crippen LogP contribution is -2.50. The van der Waals surface area contributed by atoms with Gasteiger partial charge in [0.1, 0.15) is 5.82 Å². The van der Waals surface area contributed by atoms with Crippen molar-refractivity contribution in [1.29, 1.82) is 0 Å². The van der Waals surface area contributed by atoms with Gasteiger partial charge < -0.3 is 5.32 Å². The van der Waals surface area contributed by atoms with E-state index >= 15 is 0 Å². The van der Waals surface area contributed by atoms with E-state index in [2.05, 4.69) is 24.1 Å². The normalized spacial score (nSPS) is 19.8. The molecule has 1 N–H and O–H groups in total. The topological polar surface area (TPSA) is 15.3 Å². The Kier molecular flexibility index (Phi) is 5.42. The molecule has 1 aliphatic rings. The molecule has 20 heavy (non-hydrogen) atoms. The van der Waals surface area contributed by atoms with Gasteiger partial charge in [0, 0.05) is 18.6 Å². The molecule has 0 bridgehead atoms. The Morgan fingerprint density at radius 1 is 1.35 bits per heavy atom. The van der Waals surface area contributed by atoms with Crippen molar-refractivity contribution in [3.63, 3.8) is 0 Å². The maximum Gasteiger partial charge on any atom is 0.142 e. The number of halogens is 2. The molecule has 112 valence electrons. The summed E-state index contributed by atoms with van der Waals surface area (Å²) in [6, 6.07) is 5.12. The fourth-order valence-electron chi connectivity index (χ4n) is 2.97. The summed E-state index contributed by atoms with van der Waals surface area (Å²) in [5, 5.41) is 3.89. The van der Waals surface area contributed by atoms with Crippen molar-refractivity contribution in [3.8, 4) is 0 Å². The van der Waals surface area contributed by atoms with Gasteiger partial charge in [-0.1, -0.05) is 31.5 Å². The number of nitrogens with zero attached hydrogens (tertiary/aromatic N) is 1. The molecule has 1 fully saturated rings. The van der Waals surface area contributed by atoms with Gasteiger partial charge in [0.25, 0.3) is 0 Å². The molecule has 0 amide bonds. The van der Waals surface area contributed by atoms with Crippen molar-refractivity contribution in [3.05, 3.63) is 34.6 Å². The number of hydrogen-bond acceptors (Lipinski definition) is 2. The lowest BCUT2D eigenvalue weighted by molar-refractivity contribution is 0.191. The molecule has 2 nitrogen and oxygen atoms in total. The molecule has 0 aliphatic carbocycles. The highest BCUT2D eigenvalue weighted by Crippen LogP contribution is 2.22. The van der Waals surface area contributed by atoms with Gasteiger partial charge in [-0.3, -0.25) is 4.90 Å². The van der Waals surface area contributed by atoms with Gasteiger partial charge in [-0.25, -0.2) is 4.39 Å². The Hall–Kier alpha value is -0.640. The second-order valence-electron chi connectivity index (χ2n) is 5.73. The second kappa shape index (κ2) is 6.88. The zero-order chi connectivity index (χ0) is 14.6. The van der Waals surface area contributed by atoms with Crippen LogP contribution in [-0.2, 0) is 6.54 Å². The summed E-state index contributed by atoms with van der Waals surface area (Å²) in [6.45, 7) is 8.40. The minimum atomic E-state index is -0.325. The zero-order valence-electron chi connectivity index (χ0n) is 12.4. The van der Waals surface area contributed by atoms with Crippen LogP contribution in [0.2, 0.25) is 5.02 Å². The molecule has 1 aliphatic heterocycles. The summed E-state index contributed by atoms with van der Waals surface area (Å²) >= 11 is 5.74. The number of hydrogen-bond donors (Lipinski definition) is 1. The number of benzene rings is 1. The van der Waals surface area contributed by atoms with Gasteiger partial charge in [-0.05, 0) is 50.0 Å². The Labute approximate surface area is 126 Å². The molecule has 1 heterocycles. The van der Waals surface area contributed by atoms with Crippen LogP contribution in [0.3, 0.4) is 0 Å². The molecular formula is C16H24ClFN2. The third kappa shape index (κ3) is 3.72. The van der Waals surface area contributed by atoms with Gasteiger partial charge in [0.15, 0.2) is 0 Å². The number of nitrogens with one attached hydrogen (secondary N) is 1. The van der Waals surface area contributed by atoms with Gasteiger partial charge >= 0.3 is 0 Å².